The molecule has 0 saturated heterocycles. The minimum absolute atomic E-state index is 0.175. The molecular weight excluding hydrogens is 258 g/mol. The summed E-state index contributed by atoms with van der Waals surface area (Å²) >= 11 is 0. The van der Waals surface area contributed by atoms with Gasteiger partial charge in [0.25, 0.3) is 0 Å². The van der Waals surface area contributed by atoms with E-state index in [9.17, 15) is 0 Å². The molecule has 2 N–H and O–H groups in total. The third-order valence-electron chi connectivity index (χ3n) is 5.10. The number of likely N-dealkylation sites (N-methyl/N-ethyl adjacent to an activating group) is 1. The highest BCUT2D eigenvalue weighted by molar-refractivity contribution is 5.76. The summed E-state index contributed by atoms with van der Waals surface area (Å²) in [5.74, 6) is 1.34. The lowest BCUT2D eigenvalue weighted by molar-refractivity contribution is -0.840. The summed E-state index contributed by atoms with van der Waals surface area (Å²) in [5, 5.41) is 0. The van der Waals surface area contributed by atoms with E-state index in [1.807, 2.05) is 0 Å². The fourth-order valence-electron chi connectivity index (χ4n) is 3.22. The summed E-state index contributed by atoms with van der Waals surface area (Å²) in [4.78, 5) is 4.69. The molecule has 0 bridgehead atoms. The smallest absolute Gasteiger partial charge is 0.199 e. The molecule has 0 fully saturated rings. The van der Waals surface area contributed by atoms with E-state index >= 15 is 0 Å². The van der Waals surface area contributed by atoms with Gasteiger partial charge >= 0.3 is 0 Å². The number of hydrogen-bond acceptors (Lipinski definition) is 2. The Morgan fingerprint density at radius 2 is 1.52 bits per heavy atom. The van der Waals surface area contributed by atoms with E-state index < -0.39 is 0 Å². The van der Waals surface area contributed by atoms with E-state index in [4.69, 9.17) is 10.7 Å². The number of aliphatic imine (C=N–C) groups is 1. The van der Waals surface area contributed by atoms with Crippen LogP contribution in [0.5, 0.6) is 0 Å². The fraction of sp³-hybridized carbons (Fsp3) is 0.944. The van der Waals surface area contributed by atoms with E-state index in [0.29, 0.717) is 0 Å². The van der Waals surface area contributed by atoms with Crippen LogP contribution in [0.1, 0.15) is 84.5 Å². The Kier molecular flexibility index (Phi) is 9.18. The lowest BCUT2D eigenvalue weighted by Gasteiger charge is -2.33. The Hall–Kier alpha value is -0.410. The number of quaternary nitrogens is 1. The normalized spacial score (nSPS) is 23.3. The van der Waals surface area contributed by atoms with E-state index in [1.54, 1.807) is 0 Å². The lowest BCUT2D eigenvalue weighted by atomic mass is 10.1. The average Bonchev–Trinajstić information content (AvgIpc) is 2.84. The molecule has 0 radical (unpaired) electrons. The predicted molar refractivity (Wildman–Crippen MR) is 93.5 cm³/mol. The van der Waals surface area contributed by atoms with Crippen LogP contribution >= 0.6 is 0 Å². The van der Waals surface area contributed by atoms with Gasteiger partial charge in [-0.25, -0.2) is 4.99 Å². The molecule has 21 heavy (non-hydrogen) atoms. The maximum Gasteiger partial charge on any atom is 0.199 e. The topological polar surface area (TPSA) is 38.4 Å². The first-order valence-corrected chi connectivity index (χ1v) is 9.26. The summed E-state index contributed by atoms with van der Waals surface area (Å²) in [5.41, 5.74) is 6.13. The molecule has 0 aromatic heterocycles. The van der Waals surface area contributed by atoms with Crippen LogP contribution < -0.4 is 5.73 Å². The van der Waals surface area contributed by atoms with Crippen molar-refractivity contribution < 1.29 is 4.48 Å². The summed E-state index contributed by atoms with van der Waals surface area (Å²) < 4.78 is 0.872. The number of nitrogens with zero attached hydrogens (tertiary/aromatic N) is 2. The van der Waals surface area contributed by atoms with Crippen molar-refractivity contribution in [3.8, 4) is 0 Å². The number of nitrogens with two attached hydrogens (primary N) is 1. The number of hydrogen-bond donors (Lipinski definition) is 1. The molecule has 2 atom stereocenters. The van der Waals surface area contributed by atoms with Crippen LogP contribution in [0, 0.1) is 0 Å². The molecule has 0 aromatic rings. The van der Waals surface area contributed by atoms with Gasteiger partial charge in [-0.05, 0) is 6.42 Å². The first-order chi connectivity index (χ1) is 10.1. The number of unbranched alkanes of at least 4 members (excludes halogenated alkanes) is 9. The monoisotopic (exact) mass is 296 g/mol. The first-order valence-electron chi connectivity index (χ1n) is 9.26. The second-order valence-electron chi connectivity index (χ2n) is 6.96. The maximum absolute atomic E-state index is 6.13. The van der Waals surface area contributed by atoms with Crippen LogP contribution in [0.2, 0.25) is 0 Å². The van der Waals surface area contributed by atoms with Gasteiger partial charge in [0.2, 0.25) is 0 Å². The highest BCUT2D eigenvalue weighted by Crippen LogP contribution is 2.19. The number of rotatable bonds is 12. The lowest BCUT2D eigenvalue weighted by Crippen LogP contribution is -2.57. The van der Waals surface area contributed by atoms with Crippen molar-refractivity contribution in [1.29, 1.82) is 0 Å². The minimum atomic E-state index is 0.175. The summed E-state index contributed by atoms with van der Waals surface area (Å²) in [6, 6.07) is 0. The zero-order valence-electron chi connectivity index (χ0n) is 14.7. The maximum atomic E-state index is 6.13. The van der Waals surface area contributed by atoms with Crippen molar-refractivity contribution in [2.75, 3.05) is 20.1 Å². The van der Waals surface area contributed by atoms with Crippen molar-refractivity contribution in [2.45, 2.75) is 90.6 Å². The van der Waals surface area contributed by atoms with Gasteiger partial charge in [0, 0.05) is 13.3 Å². The molecule has 1 aliphatic heterocycles. The molecule has 1 aliphatic rings. The van der Waals surface area contributed by atoms with Crippen molar-refractivity contribution in [1.82, 2.24) is 0 Å². The molecule has 3 nitrogen and oxygen atoms in total. The second-order valence-corrected chi connectivity index (χ2v) is 6.96. The van der Waals surface area contributed by atoms with E-state index in [1.165, 1.54) is 70.0 Å². The van der Waals surface area contributed by atoms with Gasteiger partial charge < -0.3 is 0 Å². The predicted octanol–water partition coefficient (Wildman–Crippen LogP) is 4.46. The Labute approximate surface area is 132 Å². The van der Waals surface area contributed by atoms with Crippen molar-refractivity contribution in [3.63, 3.8) is 0 Å². The van der Waals surface area contributed by atoms with Crippen LogP contribution in [0.3, 0.4) is 0 Å². The quantitative estimate of drug-likeness (QED) is 0.419. The minimum Gasteiger partial charge on any atom is -0.281 e. The largest absolute Gasteiger partial charge is 0.281 e. The number of amidine groups is 1. The molecule has 1 heterocycles. The van der Waals surface area contributed by atoms with Crippen LogP contribution in [0.25, 0.3) is 0 Å². The molecule has 0 aliphatic carbocycles. The molecular formula is C18H38N3+. The summed E-state index contributed by atoms with van der Waals surface area (Å²) in [7, 11) is 2.24. The van der Waals surface area contributed by atoms with E-state index in [0.717, 1.165) is 24.0 Å². The molecule has 0 saturated carbocycles. The fourth-order valence-corrected chi connectivity index (χ4v) is 3.22. The van der Waals surface area contributed by atoms with Gasteiger partial charge in [0.15, 0.2) is 5.84 Å². The highest BCUT2D eigenvalue weighted by atomic mass is 15.5. The molecule has 3 heteroatoms. The van der Waals surface area contributed by atoms with Crippen molar-refractivity contribution in [3.05, 3.63) is 0 Å². The molecule has 1 rings (SSSR count). The zero-order valence-corrected chi connectivity index (χ0v) is 14.7. The zero-order chi connectivity index (χ0) is 15.6. The Bertz CT molecular complexity index is 299. The average molecular weight is 297 g/mol. The van der Waals surface area contributed by atoms with E-state index in [2.05, 4.69) is 20.9 Å². The third-order valence-corrected chi connectivity index (χ3v) is 5.10. The van der Waals surface area contributed by atoms with Gasteiger partial charge in [-0.2, -0.15) is 0 Å². The van der Waals surface area contributed by atoms with Crippen LogP contribution in [-0.2, 0) is 0 Å². The van der Waals surface area contributed by atoms with Gasteiger partial charge in [-0.15, -0.1) is 0 Å². The van der Waals surface area contributed by atoms with Crippen molar-refractivity contribution >= 4 is 5.84 Å². The highest BCUT2D eigenvalue weighted by Gasteiger charge is 2.36. The van der Waals surface area contributed by atoms with Crippen LogP contribution in [0.4, 0.5) is 0 Å². The van der Waals surface area contributed by atoms with Crippen LogP contribution in [-0.4, -0.2) is 36.6 Å². The molecule has 2 unspecified atom stereocenters. The third kappa shape index (κ3) is 6.48. The second kappa shape index (κ2) is 10.3. The van der Waals surface area contributed by atoms with Crippen LogP contribution in [0.15, 0.2) is 4.99 Å². The standard InChI is InChI=1S/C18H38N3/c1-4-5-6-7-8-9-10-11-12-13-14-18-20-15-16-21(18,3)17(2)19/h17H,4-16,19H2,1-3H3/q+1. The van der Waals surface area contributed by atoms with Gasteiger partial charge in [0.05, 0.1) is 13.6 Å². The SMILES string of the molecule is CCCCCCCCCCCCC1=NCC[N+]1(C)C(C)N. The Morgan fingerprint density at radius 3 is 2.05 bits per heavy atom. The Balaban J connectivity index is 2.00. The first kappa shape index (κ1) is 18.6. The van der Waals surface area contributed by atoms with E-state index in [-0.39, 0.29) is 6.17 Å². The molecule has 0 amide bonds. The molecule has 0 spiro atoms. The van der Waals surface area contributed by atoms with Crippen molar-refractivity contribution in [2.24, 2.45) is 10.7 Å². The Morgan fingerprint density at radius 1 is 1.00 bits per heavy atom. The van der Waals surface area contributed by atoms with Gasteiger partial charge in [-0.3, -0.25) is 10.2 Å². The van der Waals surface area contributed by atoms with Gasteiger partial charge in [0.1, 0.15) is 12.7 Å². The summed E-state index contributed by atoms with van der Waals surface area (Å²) in [6.45, 7) is 6.44. The molecule has 0 aromatic carbocycles. The summed E-state index contributed by atoms with van der Waals surface area (Å²) in [6.07, 6.45) is 15.3. The molecule has 124 valence electrons. The van der Waals surface area contributed by atoms with Gasteiger partial charge in [-0.1, -0.05) is 64.7 Å².